The minimum atomic E-state index is -3.58. The first-order valence-electron chi connectivity index (χ1n) is 12.1. The summed E-state index contributed by atoms with van der Waals surface area (Å²) < 4.78 is 32.4. The van der Waals surface area contributed by atoms with Crippen LogP contribution < -0.4 is 0 Å². The fourth-order valence-corrected chi connectivity index (χ4v) is 5.68. The molecule has 4 rings (SSSR count). The zero-order valence-corrected chi connectivity index (χ0v) is 20.9. The molecule has 0 N–H and O–H groups in total. The van der Waals surface area contributed by atoms with Crippen LogP contribution in [0.5, 0.6) is 0 Å². The van der Waals surface area contributed by atoms with Crippen molar-refractivity contribution in [2.24, 2.45) is 0 Å². The molecule has 0 unspecified atom stereocenters. The molecule has 188 valence electrons. The van der Waals surface area contributed by atoms with Crippen molar-refractivity contribution in [1.82, 2.24) is 9.21 Å². The number of ether oxygens (including phenoxy) is 1. The second-order valence-corrected chi connectivity index (χ2v) is 10.7. The smallest absolute Gasteiger partial charge is 0.338 e. The van der Waals surface area contributed by atoms with Crippen molar-refractivity contribution in [3.05, 3.63) is 102 Å². The molecule has 7 nitrogen and oxygen atoms in total. The number of piperidine rings is 1. The van der Waals surface area contributed by atoms with Gasteiger partial charge >= 0.3 is 5.97 Å². The van der Waals surface area contributed by atoms with E-state index >= 15 is 0 Å². The first-order valence-corrected chi connectivity index (χ1v) is 13.5. The Morgan fingerprint density at radius 2 is 1.28 bits per heavy atom. The molecule has 3 aromatic rings. The van der Waals surface area contributed by atoms with Gasteiger partial charge in [0, 0.05) is 26.2 Å². The molecule has 0 aliphatic carbocycles. The average Bonchev–Trinajstić information content (AvgIpc) is 2.93. The number of nitrogens with zero attached hydrogens (tertiary/aromatic N) is 2. The van der Waals surface area contributed by atoms with Crippen LogP contribution >= 0.6 is 0 Å². The maximum atomic E-state index is 13.0. The van der Waals surface area contributed by atoms with Crippen molar-refractivity contribution in [2.45, 2.75) is 37.2 Å². The van der Waals surface area contributed by atoms with Gasteiger partial charge in [-0.1, -0.05) is 67.1 Å². The van der Waals surface area contributed by atoms with Crippen LogP contribution in [0, 0.1) is 0 Å². The Bertz CT molecular complexity index is 1210. The van der Waals surface area contributed by atoms with Crippen LogP contribution in [0.15, 0.2) is 89.8 Å². The number of carbonyl (C=O) groups is 2. The quantitative estimate of drug-likeness (QED) is 0.405. The predicted molar refractivity (Wildman–Crippen MR) is 136 cm³/mol. The third-order valence-electron chi connectivity index (χ3n) is 6.15. The molecule has 3 aromatic carbocycles. The van der Waals surface area contributed by atoms with E-state index in [4.69, 9.17) is 4.74 Å². The summed E-state index contributed by atoms with van der Waals surface area (Å²) in [5.74, 6) is -0.995. The number of esters is 1. The molecule has 8 heteroatoms. The normalized spacial score (nSPS) is 14.2. The van der Waals surface area contributed by atoms with Crippen LogP contribution in [-0.4, -0.2) is 49.2 Å². The van der Waals surface area contributed by atoms with Gasteiger partial charge in [0.25, 0.3) is 5.91 Å². The van der Waals surface area contributed by atoms with E-state index < -0.39 is 22.6 Å². The lowest BCUT2D eigenvalue weighted by molar-refractivity contribution is -0.135. The standard InChI is InChI=1S/C28H30N2O5S/c31-27(29(20-23-10-4-1-5-11-23)21-24-12-6-2-7-13-24)22-35-28(32)25-14-16-26(17-15-25)36(33,34)30-18-8-3-9-19-30/h1-2,4-7,10-17H,3,8-9,18-22H2. The van der Waals surface area contributed by atoms with Crippen LogP contribution in [0.2, 0.25) is 0 Å². The van der Waals surface area contributed by atoms with Gasteiger partial charge in [-0.15, -0.1) is 0 Å². The number of rotatable bonds is 9. The molecule has 0 spiro atoms. The SMILES string of the molecule is O=C(OCC(=O)N(Cc1ccccc1)Cc1ccccc1)c1ccc(S(=O)(=O)N2CCCCC2)cc1. The second kappa shape index (κ2) is 12.0. The number of hydrogen-bond acceptors (Lipinski definition) is 5. The van der Waals surface area contributed by atoms with Gasteiger partial charge in [-0.05, 0) is 48.2 Å². The summed E-state index contributed by atoms with van der Waals surface area (Å²) in [6.07, 6.45) is 2.73. The minimum absolute atomic E-state index is 0.147. The van der Waals surface area contributed by atoms with Gasteiger partial charge in [0.15, 0.2) is 6.61 Å². The lowest BCUT2D eigenvalue weighted by atomic mass is 10.1. The molecule has 0 bridgehead atoms. The van der Waals surface area contributed by atoms with Gasteiger partial charge in [-0.2, -0.15) is 4.31 Å². The second-order valence-electron chi connectivity index (χ2n) is 8.79. The Balaban J connectivity index is 1.39. The summed E-state index contributed by atoms with van der Waals surface area (Å²) in [4.78, 5) is 27.4. The first kappa shape index (κ1) is 25.6. The Hall–Kier alpha value is -3.49. The zero-order chi connectivity index (χ0) is 25.4. The molecule has 1 aliphatic heterocycles. The molecule has 0 radical (unpaired) electrons. The van der Waals surface area contributed by atoms with Crippen LogP contribution in [0.3, 0.4) is 0 Å². The number of benzene rings is 3. The van der Waals surface area contributed by atoms with Crippen molar-refractivity contribution >= 4 is 21.9 Å². The molecule has 1 saturated heterocycles. The third kappa shape index (κ3) is 6.59. The number of carbonyl (C=O) groups excluding carboxylic acids is 2. The van der Waals surface area contributed by atoms with Gasteiger partial charge in [0.1, 0.15) is 0 Å². The van der Waals surface area contributed by atoms with E-state index in [2.05, 4.69) is 0 Å². The highest BCUT2D eigenvalue weighted by Gasteiger charge is 2.26. The van der Waals surface area contributed by atoms with Crippen molar-refractivity contribution in [2.75, 3.05) is 19.7 Å². The summed E-state index contributed by atoms with van der Waals surface area (Å²) in [7, 11) is -3.58. The number of amides is 1. The van der Waals surface area contributed by atoms with E-state index in [9.17, 15) is 18.0 Å². The van der Waals surface area contributed by atoms with Gasteiger partial charge in [0.2, 0.25) is 10.0 Å². The summed E-state index contributed by atoms with van der Waals surface area (Å²) in [5, 5.41) is 0. The Kier molecular flexibility index (Phi) is 8.51. The van der Waals surface area contributed by atoms with Crippen LogP contribution in [0.4, 0.5) is 0 Å². The highest BCUT2D eigenvalue weighted by atomic mass is 32.2. The van der Waals surface area contributed by atoms with Crippen LogP contribution in [-0.2, 0) is 32.6 Å². The first-order chi connectivity index (χ1) is 17.4. The van der Waals surface area contributed by atoms with Crippen molar-refractivity contribution in [3.8, 4) is 0 Å². The maximum Gasteiger partial charge on any atom is 0.338 e. The molecular weight excluding hydrogens is 476 g/mol. The largest absolute Gasteiger partial charge is 0.452 e. The lowest BCUT2D eigenvalue weighted by Crippen LogP contribution is -2.35. The number of sulfonamides is 1. The molecule has 36 heavy (non-hydrogen) atoms. The van der Waals surface area contributed by atoms with Crippen molar-refractivity contribution in [3.63, 3.8) is 0 Å². The van der Waals surface area contributed by atoms with Crippen LogP contribution in [0.25, 0.3) is 0 Å². The van der Waals surface area contributed by atoms with E-state index in [1.165, 1.54) is 28.6 Å². The van der Waals surface area contributed by atoms with Crippen molar-refractivity contribution < 1.29 is 22.7 Å². The monoisotopic (exact) mass is 506 g/mol. The van der Waals surface area contributed by atoms with Gasteiger partial charge in [0.05, 0.1) is 10.5 Å². The Morgan fingerprint density at radius 3 is 1.81 bits per heavy atom. The Morgan fingerprint density at radius 1 is 0.750 bits per heavy atom. The molecular formula is C28H30N2O5S. The van der Waals surface area contributed by atoms with Gasteiger partial charge < -0.3 is 9.64 Å². The molecule has 1 heterocycles. The van der Waals surface area contributed by atoms with E-state index in [-0.39, 0.29) is 16.4 Å². The molecule has 1 fully saturated rings. The molecule has 1 aliphatic rings. The minimum Gasteiger partial charge on any atom is -0.452 e. The highest BCUT2D eigenvalue weighted by molar-refractivity contribution is 7.89. The fraction of sp³-hybridized carbons (Fsp3) is 0.286. The van der Waals surface area contributed by atoms with E-state index in [0.29, 0.717) is 26.2 Å². The average molecular weight is 507 g/mol. The van der Waals surface area contributed by atoms with E-state index in [1.54, 1.807) is 4.90 Å². The van der Waals surface area contributed by atoms with E-state index in [0.717, 1.165) is 30.4 Å². The fourth-order valence-electron chi connectivity index (χ4n) is 4.16. The zero-order valence-electron chi connectivity index (χ0n) is 20.1. The third-order valence-corrected chi connectivity index (χ3v) is 8.07. The summed E-state index contributed by atoms with van der Waals surface area (Å²) >= 11 is 0. The number of hydrogen-bond donors (Lipinski definition) is 0. The van der Waals surface area contributed by atoms with E-state index in [1.807, 2.05) is 60.7 Å². The Labute approximate surface area is 212 Å². The summed E-state index contributed by atoms with van der Waals surface area (Å²) in [6, 6.07) is 24.9. The molecule has 0 saturated carbocycles. The molecule has 0 atom stereocenters. The van der Waals surface area contributed by atoms with Gasteiger partial charge in [-0.3, -0.25) is 4.79 Å². The summed E-state index contributed by atoms with van der Waals surface area (Å²) in [6.45, 7) is 1.38. The van der Waals surface area contributed by atoms with Crippen LogP contribution in [0.1, 0.15) is 40.7 Å². The topological polar surface area (TPSA) is 84.0 Å². The predicted octanol–water partition coefficient (Wildman–Crippen LogP) is 4.25. The molecule has 0 aromatic heterocycles. The maximum absolute atomic E-state index is 13.0. The van der Waals surface area contributed by atoms with Crippen molar-refractivity contribution in [1.29, 1.82) is 0 Å². The highest BCUT2D eigenvalue weighted by Crippen LogP contribution is 2.21. The lowest BCUT2D eigenvalue weighted by Gasteiger charge is -2.25. The molecule has 1 amide bonds. The van der Waals surface area contributed by atoms with Gasteiger partial charge in [-0.25, -0.2) is 13.2 Å². The summed E-state index contributed by atoms with van der Waals surface area (Å²) in [5.41, 5.74) is 2.13.